The molecule has 1 aromatic heterocycles. The van der Waals surface area contributed by atoms with Crippen molar-refractivity contribution >= 4 is 22.9 Å². The Bertz CT molecular complexity index is 306. The van der Waals surface area contributed by atoms with Crippen LogP contribution in [0.3, 0.4) is 0 Å². The lowest BCUT2D eigenvalue weighted by atomic mass is 9.77. The van der Waals surface area contributed by atoms with Crippen LogP contribution in [0.5, 0.6) is 0 Å². The Morgan fingerprint density at radius 1 is 1.46 bits per heavy atom. The molecule has 0 bridgehead atoms. The monoisotopic (exact) mass is 215 g/mol. The zero-order valence-electron chi connectivity index (χ0n) is 8.22. The third-order valence-corrected chi connectivity index (χ3v) is 4.48. The summed E-state index contributed by atoms with van der Waals surface area (Å²) < 4.78 is 0.704. The number of halogens is 1. The molecule has 0 radical (unpaired) electrons. The molecule has 0 saturated heterocycles. The number of aromatic nitrogens is 1. The fraction of sp³-hybridized carbons (Fsp3) is 0.700. The van der Waals surface area contributed by atoms with Gasteiger partial charge in [-0.25, -0.2) is 4.98 Å². The molecular formula is C10H14ClNS. The Hall–Kier alpha value is -0.0800. The molecule has 1 aliphatic rings. The van der Waals surface area contributed by atoms with Crippen molar-refractivity contribution in [1.29, 1.82) is 0 Å². The van der Waals surface area contributed by atoms with E-state index in [1.807, 2.05) is 0 Å². The molecular weight excluding hydrogens is 202 g/mol. The van der Waals surface area contributed by atoms with Crippen LogP contribution in [0.25, 0.3) is 0 Å². The standard InChI is InChI=1S/C10H14ClNS/c1-6(2)10(3)4-7-8(5-10)13-9(11)12-7/h6H,4-5H2,1-3H3. The summed E-state index contributed by atoms with van der Waals surface area (Å²) in [6.07, 6.45) is 2.26. The van der Waals surface area contributed by atoms with Crippen molar-refractivity contribution in [3.63, 3.8) is 0 Å². The molecule has 0 spiro atoms. The highest BCUT2D eigenvalue weighted by Gasteiger charge is 2.37. The molecule has 2 rings (SSSR count). The summed E-state index contributed by atoms with van der Waals surface area (Å²) >= 11 is 7.51. The number of hydrogen-bond acceptors (Lipinski definition) is 2. The van der Waals surface area contributed by atoms with Gasteiger partial charge in [-0.15, -0.1) is 11.3 Å². The predicted octanol–water partition coefficient (Wildman–Crippen LogP) is 3.56. The van der Waals surface area contributed by atoms with Gasteiger partial charge in [0.05, 0.1) is 5.69 Å². The molecule has 1 unspecified atom stereocenters. The topological polar surface area (TPSA) is 12.9 Å². The molecule has 0 saturated carbocycles. The molecule has 13 heavy (non-hydrogen) atoms. The summed E-state index contributed by atoms with van der Waals surface area (Å²) in [6, 6.07) is 0. The van der Waals surface area contributed by atoms with Gasteiger partial charge in [-0.3, -0.25) is 0 Å². The van der Waals surface area contributed by atoms with Gasteiger partial charge in [0.15, 0.2) is 4.47 Å². The summed E-state index contributed by atoms with van der Waals surface area (Å²) in [4.78, 5) is 5.76. The third kappa shape index (κ3) is 1.50. The largest absolute Gasteiger partial charge is 0.230 e. The second kappa shape index (κ2) is 2.96. The highest BCUT2D eigenvalue weighted by Crippen LogP contribution is 2.44. The Morgan fingerprint density at radius 3 is 2.69 bits per heavy atom. The van der Waals surface area contributed by atoms with Gasteiger partial charge in [-0.1, -0.05) is 32.4 Å². The number of fused-ring (bicyclic) bond motifs is 1. The van der Waals surface area contributed by atoms with Gasteiger partial charge >= 0.3 is 0 Å². The molecule has 0 N–H and O–H groups in total. The molecule has 0 amide bonds. The van der Waals surface area contributed by atoms with Crippen molar-refractivity contribution in [3.8, 4) is 0 Å². The first kappa shape index (κ1) is 9.47. The van der Waals surface area contributed by atoms with E-state index in [0.29, 0.717) is 15.8 Å². The maximum absolute atomic E-state index is 5.86. The second-order valence-corrected chi connectivity index (χ2v) is 6.16. The van der Waals surface area contributed by atoms with Crippen LogP contribution in [-0.4, -0.2) is 4.98 Å². The molecule has 72 valence electrons. The quantitative estimate of drug-likeness (QED) is 0.698. The summed E-state index contributed by atoms with van der Waals surface area (Å²) in [6.45, 7) is 6.93. The zero-order chi connectivity index (χ0) is 9.64. The molecule has 1 aromatic rings. The molecule has 0 fully saturated rings. The van der Waals surface area contributed by atoms with Gasteiger partial charge in [0.25, 0.3) is 0 Å². The fourth-order valence-corrected chi connectivity index (χ4v) is 3.23. The molecule has 1 atom stereocenters. The fourth-order valence-electron chi connectivity index (χ4n) is 1.85. The number of thiazole rings is 1. The first-order chi connectivity index (χ1) is 6.01. The Labute approximate surface area is 88.1 Å². The molecule has 1 aliphatic carbocycles. The van der Waals surface area contributed by atoms with Gasteiger partial charge in [0, 0.05) is 4.88 Å². The van der Waals surface area contributed by atoms with Crippen molar-refractivity contribution in [2.24, 2.45) is 11.3 Å². The Morgan fingerprint density at radius 2 is 2.15 bits per heavy atom. The van der Waals surface area contributed by atoms with E-state index in [1.54, 1.807) is 11.3 Å². The van der Waals surface area contributed by atoms with E-state index in [0.717, 1.165) is 12.8 Å². The Kier molecular flexibility index (Phi) is 2.16. The predicted molar refractivity (Wildman–Crippen MR) is 57.5 cm³/mol. The van der Waals surface area contributed by atoms with E-state index < -0.39 is 0 Å². The lowest BCUT2D eigenvalue weighted by Gasteiger charge is -2.28. The van der Waals surface area contributed by atoms with Crippen LogP contribution < -0.4 is 0 Å². The van der Waals surface area contributed by atoms with Crippen LogP contribution in [0.2, 0.25) is 4.47 Å². The van der Waals surface area contributed by atoms with E-state index >= 15 is 0 Å². The van der Waals surface area contributed by atoms with E-state index in [-0.39, 0.29) is 0 Å². The summed E-state index contributed by atoms with van der Waals surface area (Å²) in [5.41, 5.74) is 1.66. The van der Waals surface area contributed by atoms with Gasteiger partial charge < -0.3 is 0 Å². The van der Waals surface area contributed by atoms with E-state index in [9.17, 15) is 0 Å². The van der Waals surface area contributed by atoms with Gasteiger partial charge in [-0.05, 0) is 24.2 Å². The summed E-state index contributed by atoms with van der Waals surface area (Å²) in [5, 5.41) is 0. The van der Waals surface area contributed by atoms with Crippen molar-refractivity contribution in [3.05, 3.63) is 15.0 Å². The molecule has 0 aliphatic heterocycles. The average Bonchev–Trinajstić information content (AvgIpc) is 2.42. The van der Waals surface area contributed by atoms with Crippen molar-refractivity contribution in [2.45, 2.75) is 33.6 Å². The lowest BCUT2D eigenvalue weighted by molar-refractivity contribution is 0.234. The van der Waals surface area contributed by atoms with E-state index in [1.165, 1.54) is 10.6 Å². The van der Waals surface area contributed by atoms with Gasteiger partial charge in [-0.2, -0.15) is 0 Å². The normalized spacial score (nSPS) is 26.8. The van der Waals surface area contributed by atoms with Gasteiger partial charge in [0.1, 0.15) is 0 Å². The third-order valence-electron chi connectivity index (χ3n) is 3.28. The maximum atomic E-state index is 5.86. The number of hydrogen-bond donors (Lipinski definition) is 0. The SMILES string of the molecule is CC(C)C1(C)Cc2nc(Cl)sc2C1. The van der Waals surface area contributed by atoms with E-state index in [2.05, 4.69) is 25.8 Å². The van der Waals surface area contributed by atoms with Crippen LogP contribution in [0, 0.1) is 11.3 Å². The molecule has 1 nitrogen and oxygen atoms in total. The van der Waals surface area contributed by atoms with E-state index in [4.69, 9.17) is 11.6 Å². The minimum absolute atomic E-state index is 0.415. The highest BCUT2D eigenvalue weighted by atomic mass is 35.5. The van der Waals surface area contributed by atoms with Crippen molar-refractivity contribution < 1.29 is 0 Å². The average molecular weight is 216 g/mol. The zero-order valence-corrected chi connectivity index (χ0v) is 9.80. The lowest BCUT2D eigenvalue weighted by Crippen LogP contribution is -2.23. The minimum atomic E-state index is 0.415. The summed E-state index contributed by atoms with van der Waals surface area (Å²) in [5.74, 6) is 0.715. The second-order valence-electron chi connectivity index (χ2n) is 4.50. The van der Waals surface area contributed by atoms with Crippen LogP contribution in [0.1, 0.15) is 31.3 Å². The first-order valence-corrected chi connectivity index (χ1v) is 5.85. The smallest absolute Gasteiger partial charge is 0.184 e. The Balaban J connectivity index is 2.28. The van der Waals surface area contributed by atoms with Crippen LogP contribution in [-0.2, 0) is 12.8 Å². The number of nitrogens with zero attached hydrogens (tertiary/aromatic N) is 1. The highest BCUT2D eigenvalue weighted by molar-refractivity contribution is 7.15. The van der Waals surface area contributed by atoms with Crippen LogP contribution in [0.15, 0.2) is 0 Å². The first-order valence-electron chi connectivity index (χ1n) is 4.65. The van der Waals surface area contributed by atoms with Crippen molar-refractivity contribution in [2.75, 3.05) is 0 Å². The molecule has 1 heterocycles. The minimum Gasteiger partial charge on any atom is -0.230 e. The molecule has 0 aromatic carbocycles. The number of rotatable bonds is 1. The van der Waals surface area contributed by atoms with Crippen molar-refractivity contribution in [1.82, 2.24) is 4.98 Å². The maximum Gasteiger partial charge on any atom is 0.184 e. The van der Waals surface area contributed by atoms with Crippen LogP contribution >= 0.6 is 22.9 Å². The van der Waals surface area contributed by atoms with Crippen LogP contribution in [0.4, 0.5) is 0 Å². The van der Waals surface area contributed by atoms with Gasteiger partial charge in [0.2, 0.25) is 0 Å². The molecule has 3 heteroatoms. The summed E-state index contributed by atoms with van der Waals surface area (Å²) in [7, 11) is 0.